The molecule has 0 amide bonds. The second-order valence-corrected chi connectivity index (χ2v) is 10.3. The van der Waals surface area contributed by atoms with Crippen LogP contribution in [0.15, 0.2) is 0 Å². The molecule has 0 unspecified atom stereocenters. The summed E-state index contributed by atoms with van der Waals surface area (Å²) in [4.78, 5) is 0. The Morgan fingerprint density at radius 3 is 1.22 bits per heavy atom. The summed E-state index contributed by atoms with van der Waals surface area (Å²) in [5.74, 6) is -7.23. The third-order valence-corrected chi connectivity index (χ3v) is 10.1. The van der Waals surface area contributed by atoms with E-state index in [9.17, 15) is 64.8 Å². The van der Waals surface area contributed by atoms with Crippen molar-refractivity contribution in [2.24, 2.45) is 0 Å². The van der Waals surface area contributed by atoms with Crippen LogP contribution in [0.4, 0.5) is 39.5 Å². The molecule has 0 spiro atoms. The molecule has 0 aliphatic carbocycles. The van der Waals surface area contributed by atoms with Crippen LogP contribution < -0.4 is 0 Å². The van der Waals surface area contributed by atoms with Gasteiger partial charge in [-0.05, 0) is 0 Å². The average Bonchev–Trinajstić information content (AvgIpc) is 2.23. The lowest BCUT2D eigenvalue weighted by Crippen LogP contribution is -2.69. The van der Waals surface area contributed by atoms with E-state index in [2.05, 4.69) is 0 Å². The van der Waals surface area contributed by atoms with Gasteiger partial charge in [0.25, 0.3) is 0 Å². The van der Waals surface area contributed by atoms with Crippen LogP contribution in [0.1, 0.15) is 0 Å². The lowest BCUT2D eigenvalue weighted by Gasteiger charge is -2.45. The van der Waals surface area contributed by atoms with Gasteiger partial charge in [0.05, 0.1) is 3.91 Å². The Morgan fingerprint density at radius 1 is 0.739 bits per heavy atom. The van der Waals surface area contributed by atoms with Crippen molar-refractivity contribution in [2.75, 3.05) is 0 Å². The first-order chi connectivity index (χ1) is 9.62. The normalized spacial score (nSPS) is 29.1. The van der Waals surface area contributed by atoms with E-state index >= 15 is 0 Å². The van der Waals surface area contributed by atoms with E-state index in [1.54, 1.807) is 0 Å². The Labute approximate surface area is 121 Å². The Morgan fingerprint density at radius 2 is 1.00 bits per heavy atom. The second kappa shape index (κ2) is 4.44. The maximum atomic E-state index is 13.0. The van der Waals surface area contributed by atoms with Crippen LogP contribution in [-0.2, 0) is 29.5 Å². The van der Waals surface area contributed by atoms with Gasteiger partial charge in [-0.3, -0.25) is 25.3 Å². The first kappa shape index (κ1) is 20.3. The van der Waals surface area contributed by atoms with E-state index in [1.807, 2.05) is 0 Å². The summed E-state index contributed by atoms with van der Waals surface area (Å²) in [5, 5.41) is -14.3. The Bertz CT molecular complexity index is 785. The maximum Gasteiger partial charge on any atom is 0.470 e. The molecule has 1 saturated heterocycles. The largest absolute Gasteiger partial charge is 0.470 e. The molecular weight excluding hydrogens is 423 g/mol. The first-order valence-electron chi connectivity index (χ1n) is 4.43. The summed E-state index contributed by atoms with van der Waals surface area (Å²) >= 11 is 0. The highest BCUT2D eigenvalue weighted by Gasteiger charge is 2.86. The molecule has 0 aromatic rings. The molecule has 18 heteroatoms. The lowest BCUT2D eigenvalue weighted by molar-refractivity contribution is -0.245. The highest BCUT2D eigenvalue weighted by Crippen LogP contribution is 2.61. The van der Waals surface area contributed by atoms with Crippen LogP contribution >= 0.6 is 0 Å². The van der Waals surface area contributed by atoms with Crippen molar-refractivity contribution in [3.8, 4) is 0 Å². The van der Waals surface area contributed by atoms with Crippen molar-refractivity contribution in [1.29, 1.82) is 0 Å². The fourth-order valence-corrected chi connectivity index (χ4v) is 8.14. The molecule has 0 radical (unpaired) electrons. The van der Waals surface area contributed by atoms with Gasteiger partial charge in [-0.2, -0.15) is 39.5 Å². The minimum absolute atomic E-state index is 4.44. The van der Waals surface area contributed by atoms with Gasteiger partial charge in [0.15, 0.2) is 9.84 Å². The molecule has 0 aromatic heterocycles. The Kier molecular flexibility index (Phi) is 3.91. The molecule has 1 fully saturated rings. The molecule has 6 nitrogen and oxygen atoms in total. The van der Waals surface area contributed by atoms with E-state index in [-0.39, 0.29) is 0 Å². The smallest absolute Gasteiger partial charge is 0.254 e. The molecule has 0 atom stereocenters. The van der Waals surface area contributed by atoms with Crippen molar-refractivity contribution < 1.29 is 64.8 Å². The van der Waals surface area contributed by atoms with Crippen LogP contribution in [-0.4, -0.2) is 47.2 Å². The summed E-state index contributed by atoms with van der Waals surface area (Å²) in [5.41, 5.74) is -6.96. The number of rotatable bonds is 1. The summed E-state index contributed by atoms with van der Waals surface area (Å²) in [6.45, 7) is 0. The number of halogens is 9. The van der Waals surface area contributed by atoms with Gasteiger partial charge in [-0.1, -0.05) is 0 Å². The number of sulfone groups is 3. The monoisotopic (exact) mass is 423 g/mol. The summed E-state index contributed by atoms with van der Waals surface area (Å²) < 4.78 is 176. The van der Waals surface area contributed by atoms with Crippen LogP contribution in [0, 0.1) is 3.91 Å². The molecule has 1 rings (SSSR count). The highest BCUT2D eigenvalue weighted by molar-refractivity contribution is 8.30. The molecule has 1 aliphatic heterocycles. The van der Waals surface area contributed by atoms with Crippen molar-refractivity contribution in [3.63, 3.8) is 0 Å². The van der Waals surface area contributed by atoms with Gasteiger partial charge in [0, 0.05) is 0 Å². The van der Waals surface area contributed by atoms with Crippen molar-refractivity contribution >= 4 is 29.5 Å². The van der Waals surface area contributed by atoms with Gasteiger partial charge >= 0.3 is 21.9 Å². The summed E-state index contributed by atoms with van der Waals surface area (Å²) in [6, 6.07) is 0. The number of hydrogen-bond donors (Lipinski definition) is 0. The van der Waals surface area contributed by atoms with Gasteiger partial charge in [0.2, 0.25) is 0 Å². The van der Waals surface area contributed by atoms with Gasteiger partial charge in [-0.25, -0.2) is 0 Å². The maximum absolute atomic E-state index is 13.0. The summed E-state index contributed by atoms with van der Waals surface area (Å²) in [7, 11) is -23.6. The predicted octanol–water partition coefficient (Wildman–Crippen LogP) is 1.03. The molecule has 1 heterocycles. The molecule has 1 aliphatic rings. The Balaban J connectivity index is 4.10. The van der Waals surface area contributed by atoms with Crippen LogP contribution in [0.25, 0.3) is 0 Å². The van der Waals surface area contributed by atoms with Gasteiger partial charge in [0.1, 0.15) is 19.7 Å². The minimum atomic E-state index is -7.87. The third kappa shape index (κ3) is 2.02. The van der Waals surface area contributed by atoms with Crippen molar-refractivity contribution in [2.45, 2.75) is 21.9 Å². The van der Waals surface area contributed by atoms with Crippen LogP contribution in [0.2, 0.25) is 0 Å². The second-order valence-electron chi connectivity index (χ2n) is 3.81. The lowest BCUT2D eigenvalue weighted by atomic mass is 10.3. The van der Waals surface area contributed by atoms with Gasteiger partial charge < -0.3 is 0 Å². The number of hydrogen-bond acceptors (Lipinski definition) is 6. The standard InChI is InChI=1S/C5F9O6S3/c6-2(7)3(8,9)21(15,16)1(22(17,18)4(2,10)11)23(19,20)5(12,13)14/q-1. The fraction of sp³-hybridized carbons (Fsp3) is 0.800. The van der Waals surface area contributed by atoms with Crippen LogP contribution in [0.3, 0.4) is 0 Å². The van der Waals surface area contributed by atoms with Crippen LogP contribution in [0.5, 0.6) is 0 Å². The fourth-order valence-electron chi connectivity index (χ4n) is 1.24. The summed E-state index contributed by atoms with van der Waals surface area (Å²) in [6.07, 6.45) is 0. The molecule has 138 valence electrons. The number of alkyl halides is 9. The highest BCUT2D eigenvalue weighted by atomic mass is 32.3. The van der Waals surface area contributed by atoms with Crippen molar-refractivity contribution in [3.05, 3.63) is 3.91 Å². The minimum Gasteiger partial charge on any atom is -0.254 e. The molecule has 23 heavy (non-hydrogen) atoms. The third-order valence-electron chi connectivity index (χ3n) is 2.37. The Hall–Kier alpha value is -0.780. The zero-order valence-electron chi connectivity index (χ0n) is 9.58. The predicted molar refractivity (Wildman–Crippen MR) is 50.9 cm³/mol. The SMILES string of the molecule is O=S(=O)([C-]1S(=O)(=O)C(F)(F)C(F)(F)C(F)(F)S1(=O)=O)C(F)(F)F. The molecule has 0 saturated carbocycles. The van der Waals surface area contributed by atoms with E-state index < -0.39 is 55.4 Å². The molecular formula is C5F9O6S3-. The van der Waals surface area contributed by atoms with Crippen molar-refractivity contribution in [1.82, 2.24) is 0 Å². The van der Waals surface area contributed by atoms with E-state index in [1.165, 1.54) is 0 Å². The topological polar surface area (TPSA) is 102 Å². The molecule has 0 N–H and O–H groups in total. The quantitative estimate of drug-likeness (QED) is 0.461. The van der Waals surface area contributed by atoms with E-state index in [0.717, 1.165) is 0 Å². The molecule has 0 aromatic carbocycles. The van der Waals surface area contributed by atoms with E-state index in [0.29, 0.717) is 0 Å². The first-order valence-corrected chi connectivity index (χ1v) is 8.88. The van der Waals surface area contributed by atoms with Gasteiger partial charge in [-0.15, -0.1) is 0 Å². The van der Waals surface area contributed by atoms with E-state index in [4.69, 9.17) is 0 Å². The zero-order valence-corrected chi connectivity index (χ0v) is 12.0. The average molecular weight is 423 g/mol. The molecule has 0 bridgehead atoms. The zero-order chi connectivity index (χ0) is 19.1.